The van der Waals surface area contributed by atoms with Gasteiger partial charge in [0.15, 0.2) is 0 Å². The number of hydrogen-bond acceptors (Lipinski definition) is 4. The summed E-state index contributed by atoms with van der Waals surface area (Å²) in [7, 11) is 1.69. The molecule has 0 saturated carbocycles. The molecule has 0 aliphatic carbocycles. The summed E-state index contributed by atoms with van der Waals surface area (Å²) in [6.45, 7) is 11.6. The summed E-state index contributed by atoms with van der Waals surface area (Å²) in [5, 5.41) is 0. The van der Waals surface area contributed by atoms with Crippen LogP contribution in [-0.2, 0) is 12.8 Å². The van der Waals surface area contributed by atoms with Gasteiger partial charge in [0.25, 0.3) is 0 Å². The van der Waals surface area contributed by atoms with E-state index in [2.05, 4.69) is 135 Å². The number of nitrogens with zero attached hydrogens (tertiary/aromatic N) is 2. The molecule has 0 saturated heterocycles. The largest absolute Gasteiger partial charge is 0.497 e. The third kappa shape index (κ3) is 11.1. The minimum Gasteiger partial charge on any atom is -0.497 e. The molecular weight excluding hydrogens is 649 g/mol. The first-order valence-electron chi connectivity index (χ1n) is 19.4. The van der Waals surface area contributed by atoms with Crippen molar-refractivity contribution in [2.75, 3.05) is 13.7 Å². The Hall–Kier alpha value is -5.22. The van der Waals surface area contributed by atoms with Crippen molar-refractivity contribution in [2.24, 2.45) is 0 Å². The molecule has 6 aromatic rings. The van der Waals surface area contributed by atoms with Crippen molar-refractivity contribution in [3.05, 3.63) is 167 Å². The lowest BCUT2D eigenvalue weighted by molar-refractivity contribution is 0.340. The highest BCUT2D eigenvalue weighted by Gasteiger charge is 2.11. The van der Waals surface area contributed by atoms with Gasteiger partial charge in [-0.2, -0.15) is 0 Å². The van der Waals surface area contributed by atoms with Gasteiger partial charge in [-0.05, 0) is 114 Å². The fourth-order valence-corrected chi connectivity index (χ4v) is 6.40. The van der Waals surface area contributed by atoms with Gasteiger partial charge in [-0.1, -0.05) is 125 Å². The zero-order valence-electron chi connectivity index (χ0n) is 32.5. The van der Waals surface area contributed by atoms with Gasteiger partial charge < -0.3 is 9.47 Å². The summed E-state index contributed by atoms with van der Waals surface area (Å²) in [5.74, 6) is 2.48. The summed E-state index contributed by atoms with van der Waals surface area (Å²) in [5.41, 5.74) is 12.4. The summed E-state index contributed by atoms with van der Waals surface area (Å²) in [6.07, 6.45) is 11.0. The second kappa shape index (κ2) is 20.1. The second-order valence-electron chi connectivity index (χ2n) is 13.7. The number of ether oxygens (including phenoxy) is 2. The van der Waals surface area contributed by atoms with E-state index in [1.54, 1.807) is 7.11 Å². The molecule has 0 aliphatic heterocycles. The molecule has 0 bridgehead atoms. The van der Waals surface area contributed by atoms with Crippen molar-refractivity contribution in [1.29, 1.82) is 0 Å². The topological polar surface area (TPSA) is 44.2 Å². The van der Waals surface area contributed by atoms with Crippen LogP contribution in [0.15, 0.2) is 134 Å². The van der Waals surface area contributed by atoms with Gasteiger partial charge in [0.05, 0.1) is 13.7 Å². The van der Waals surface area contributed by atoms with Crippen LogP contribution in [0.5, 0.6) is 11.5 Å². The van der Waals surface area contributed by atoms with Crippen molar-refractivity contribution in [3.63, 3.8) is 0 Å². The van der Waals surface area contributed by atoms with Crippen LogP contribution in [-0.4, -0.2) is 23.7 Å². The lowest BCUT2D eigenvalue weighted by atomic mass is 9.92. The van der Waals surface area contributed by atoms with Crippen LogP contribution in [0.3, 0.4) is 0 Å². The summed E-state index contributed by atoms with van der Waals surface area (Å²) in [6, 6.07) is 42.9. The lowest BCUT2D eigenvalue weighted by Crippen LogP contribution is -1.98. The van der Waals surface area contributed by atoms with Crippen molar-refractivity contribution in [1.82, 2.24) is 9.97 Å². The highest BCUT2D eigenvalue weighted by Crippen LogP contribution is 2.29. The second-order valence-corrected chi connectivity index (χ2v) is 13.7. The Balaban J connectivity index is 0.000000204. The molecule has 274 valence electrons. The van der Waals surface area contributed by atoms with Crippen LogP contribution in [0, 0.1) is 0 Å². The third-order valence-corrected chi connectivity index (χ3v) is 10.0. The highest BCUT2D eigenvalue weighted by atomic mass is 16.5. The zero-order valence-corrected chi connectivity index (χ0v) is 32.5. The van der Waals surface area contributed by atoms with E-state index < -0.39 is 0 Å². The number of aryl methyl sites for hydroxylation is 2. The quantitative estimate of drug-likeness (QED) is 0.107. The molecule has 0 aliphatic rings. The van der Waals surface area contributed by atoms with Gasteiger partial charge in [0, 0.05) is 35.6 Å². The highest BCUT2D eigenvalue weighted by molar-refractivity contribution is 5.65. The standard InChI is InChI=1S/C25H29NO.C24H27NO/c1-4-6-7-24-15-12-23(18-26-24)19(3)20-8-10-21(11-9-20)22-13-16-25(17-14-22)27-5-2;1-4-5-6-23-14-11-22(17-25-23)18(2)19-7-9-20(10-8-19)21-12-15-24(26-3)16-13-21/h8-19H,4-7H2,1-3H3;7-18H,4-6H2,1-3H3. The van der Waals surface area contributed by atoms with E-state index in [1.807, 2.05) is 43.6 Å². The number of pyridine rings is 2. The van der Waals surface area contributed by atoms with Crippen LogP contribution >= 0.6 is 0 Å². The molecule has 4 heteroatoms. The van der Waals surface area contributed by atoms with Crippen molar-refractivity contribution < 1.29 is 9.47 Å². The maximum absolute atomic E-state index is 5.52. The Labute approximate surface area is 318 Å². The predicted molar refractivity (Wildman–Crippen MR) is 222 cm³/mol. The van der Waals surface area contributed by atoms with Crippen molar-refractivity contribution in [3.8, 4) is 33.8 Å². The first-order valence-corrected chi connectivity index (χ1v) is 19.4. The minimum atomic E-state index is 0.340. The van der Waals surface area contributed by atoms with Crippen molar-refractivity contribution >= 4 is 0 Å². The van der Waals surface area contributed by atoms with Gasteiger partial charge in [-0.3, -0.25) is 9.97 Å². The van der Waals surface area contributed by atoms with Gasteiger partial charge in [0.2, 0.25) is 0 Å². The number of rotatable bonds is 15. The molecule has 4 aromatic carbocycles. The van der Waals surface area contributed by atoms with Crippen molar-refractivity contribution in [2.45, 2.75) is 85.0 Å². The average Bonchev–Trinajstić information content (AvgIpc) is 3.23. The molecule has 0 spiro atoms. The minimum absolute atomic E-state index is 0.340. The maximum Gasteiger partial charge on any atom is 0.119 e. The molecular formula is C49H56N2O2. The summed E-state index contributed by atoms with van der Waals surface area (Å²) >= 11 is 0. The predicted octanol–water partition coefficient (Wildman–Crippen LogP) is 12.9. The number of benzene rings is 4. The van der Waals surface area contributed by atoms with E-state index in [1.165, 1.54) is 81.6 Å². The van der Waals surface area contributed by atoms with Gasteiger partial charge in [-0.25, -0.2) is 0 Å². The molecule has 4 nitrogen and oxygen atoms in total. The molecule has 2 heterocycles. The normalized spacial score (nSPS) is 12.0. The van der Waals surface area contributed by atoms with Crippen LogP contribution in [0.25, 0.3) is 22.3 Å². The average molecular weight is 705 g/mol. The third-order valence-electron chi connectivity index (χ3n) is 10.0. The molecule has 53 heavy (non-hydrogen) atoms. The Kier molecular flexibility index (Phi) is 14.8. The van der Waals surface area contributed by atoms with Crippen LogP contribution in [0.1, 0.15) is 106 Å². The van der Waals surface area contributed by atoms with Gasteiger partial charge >= 0.3 is 0 Å². The Morgan fingerprint density at radius 1 is 0.453 bits per heavy atom. The molecule has 0 fully saturated rings. The van der Waals surface area contributed by atoms with E-state index in [0.717, 1.165) is 24.3 Å². The van der Waals surface area contributed by atoms with Gasteiger partial charge in [-0.15, -0.1) is 0 Å². The van der Waals surface area contributed by atoms with E-state index in [9.17, 15) is 0 Å². The molecule has 2 unspecified atom stereocenters. The Bertz CT molecular complexity index is 1920. The Morgan fingerprint density at radius 2 is 0.811 bits per heavy atom. The molecule has 2 aromatic heterocycles. The smallest absolute Gasteiger partial charge is 0.119 e. The number of methoxy groups -OCH3 is 1. The van der Waals surface area contributed by atoms with Crippen LogP contribution in [0.2, 0.25) is 0 Å². The van der Waals surface area contributed by atoms with Crippen LogP contribution < -0.4 is 9.47 Å². The monoisotopic (exact) mass is 704 g/mol. The fourth-order valence-electron chi connectivity index (χ4n) is 6.40. The summed E-state index contributed by atoms with van der Waals surface area (Å²) < 4.78 is 10.7. The molecule has 0 N–H and O–H groups in total. The van der Waals surface area contributed by atoms with E-state index in [4.69, 9.17) is 9.47 Å². The maximum atomic E-state index is 5.52. The number of hydrogen-bond donors (Lipinski definition) is 0. The van der Waals surface area contributed by atoms with E-state index in [0.29, 0.717) is 18.4 Å². The fraction of sp³-hybridized carbons (Fsp3) is 0.306. The number of aromatic nitrogens is 2. The molecule has 2 atom stereocenters. The van der Waals surface area contributed by atoms with E-state index in [-0.39, 0.29) is 0 Å². The molecule has 0 radical (unpaired) electrons. The molecule has 6 rings (SSSR count). The van der Waals surface area contributed by atoms with E-state index >= 15 is 0 Å². The first kappa shape index (κ1) is 39.0. The molecule has 0 amide bonds. The lowest BCUT2D eigenvalue weighted by Gasteiger charge is -2.14. The van der Waals surface area contributed by atoms with Gasteiger partial charge in [0.1, 0.15) is 11.5 Å². The number of unbranched alkanes of at least 4 members (excludes halogenated alkanes) is 2. The zero-order chi connectivity index (χ0) is 37.4. The Morgan fingerprint density at radius 3 is 1.13 bits per heavy atom. The first-order chi connectivity index (χ1) is 25.9. The summed E-state index contributed by atoms with van der Waals surface area (Å²) in [4.78, 5) is 9.27. The SMILES string of the molecule is CCCCc1ccc(C(C)c2ccc(-c3ccc(OC)cc3)cc2)cn1.CCCCc1ccc(C(C)c2ccc(-c3ccc(OCC)cc3)cc2)cn1. The van der Waals surface area contributed by atoms with Crippen LogP contribution in [0.4, 0.5) is 0 Å².